The van der Waals surface area contributed by atoms with Gasteiger partial charge in [0.05, 0.1) is 42.7 Å². The van der Waals surface area contributed by atoms with Crippen LogP contribution in [0, 0.1) is 39.4 Å². The van der Waals surface area contributed by atoms with Gasteiger partial charge in [0.15, 0.2) is 12.2 Å². The lowest BCUT2D eigenvalue weighted by Crippen LogP contribution is -2.83. The van der Waals surface area contributed by atoms with Crippen LogP contribution in [0.5, 0.6) is 0 Å². The van der Waals surface area contributed by atoms with Gasteiger partial charge in [-0.1, -0.05) is 27.7 Å². The first-order valence-corrected chi connectivity index (χ1v) is 16.8. The summed E-state index contributed by atoms with van der Waals surface area (Å²) in [5.74, 6) is -4.40. The summed E-state index contributed by atoms with van der Waals surface area (Å²) in [5, 5.41) is 25.0. The lowest BCUT2D eigenvalue weighted by Gasteiger charge is -2.73. The molecule has 6 aliphatic rings. The van der Waals surface area contributed by atoms with E-state index in [2.05, 4.69) is 6.92 Å². The molecule has 4 aliphatic carbocycles. The highest BCUT2D eigenvalue weighted by molar-refractivity contribution is 5.87. The highest BCUT2D eigenvalue weighted by atomic mass is 16.7. The molecule has 2 bridgehead atoms. The molecule has 0 amide bonds. The van der Waals surface area contributed by atoms with Crippen LogP contribution in [0.3, 0.4) is 0 Å². The molecule has 0 unspecified atom stereocenters. The van der Waals surface area contributed by atoms with E-state index in [0.717, 1.165) is 5.56 Å². The van der Waals surface area contributed by atoms with Gasteiger partial charge in [-0.05, 0) is 49.7 Å². The van der Waals surface area contributed by atoms with Gasteiger partial charge in [-0.15, -0.1) is 0 Å². The number of ether oxygens (including phenoxy) is 5. The molecule has 4 saturated carbocycles. The number of esters is 3. The van der Waals surface area contributed by atoms with Crippen molar-refractivity contribution in [2.75, 3.05) is 6.61 Å². The summed E-state index contributed by atoms with van der Waals surface area (Å²) in [4.78, 5) is 53.4. The minimum Gasteiger partial charge on any atom is -0.472 e. The molecule has 0 aromatic carbocycles. The van der Waals surface area contributed by atoms with Gasteiger partial charge in [0.2, 0.25) is 6.29 Å². The summed E-state index contributed by atoms with van der Waals surface area (Å²) < 4.78 is 36.1. The van der Waals surface area contributed by atoms with E-state index in [4.69, 9.17) is 28.1 Å². The second kappa shape index (κ2) is 10.4. The summed E-state index contributed by atoms with van der Waals surface area (Å²) in [6.45, 7) is 11.4. The molecule has 6 fully saturated rings. The zero-order valence-corrected chi connectivity index (χ0v) is 28.0. The molecule has 0 radical (unpaired) electrons. The number of furan rings is 1. The van der Waals surface area contributed by atoms with Crippen LogP contribution in [0.15, 0.2) is 23.0 Å². The average Bonchev–Trinajstić information content (AvgIpc) is 3.37. The van der Waals surface area contributed by atoms with E-state index in [0.29, 0.717) is 12.8 Å². The molecule has 47 heavy (non-hydrogen) atoms. The third kappa shape index (κ3) is 3.84. The minimum atomic E-state index is -1.54. The van der Waals surface area contributed by atoms with Crippen LogP contribution in [0.2, 0.25) is 0 Å². The zero-order valence-electron chi connectivity index (χ0n) is 28.0. The Morgan fingerprint density at radius 3 is 2.38 bits per heavy atom. The van der Waals surface area contributed by atoms with Crippen LogP contribution in [0.4, 0.5) is 0 Å². The fraction of sp³-hybridized carbons (Fsp3) is 0.771. The topological polar surface area (TPSA) is 171 Å². The molecule has 1 spiro atoms. The first-order valence-electron chi connectivity index (χ1n) is 16.8. The smallest absolute Gasteiger partial charge is 0.310 e. The summed E-state index contributed by atoms with van der Waals surface area (Å²) >= 11 is 0. The van der Waals surface area contributed by atoms with Crippen LogP contribution in [0.1, 0.15) is 85.6 Å². The van der Waals surface area contributed by atoms with Gasteiger partial charge in [-0.25, -0.2) is 0 Å². The molecule has 1 aromatic heterocycles. The molecule has 12 heteroatoms. The van der Waals surface area contributed by atoms with E-state index >= 15 is 0 Å². The van der Waals surface area contributed by atoms with Gasteiger partial charge >= 0.3 is 17.9 Å². The summed E-state index contributed by atoms with van der Waals surface area (Å²) in [7, 11) is 0. The van der Waals surface area contributed by atoms with Crippen molar-refractivity contribution < 1.29 is 57.5 Å². The maximum absolute atomic E-state index is 14.9. The largest absolute Gasteiger partial charge is 0.472 e. The van der Waals surface area contributed by atoms with Crippen molar-refractivity contribution in [3.05, 3.63) is 24.2 Å². The van der Waals surface area contributed by atoms with Crippen molar-refractivity contribution in [2.24, 2.45) is 39.4 Å². The van der Waals surface area contributed by atoms with Gasteiger partial charge in [0.1, 0.15) is 17.5 Å². The third-order valence-electron chi connectivity index (χ3n) is 13.7. The van der Waals surface area contributed by atoms with E-state index in [1.54, 1.807) is 26.4 Å². The molecule has 1 aromatic rings. The van der Waals surface area contributed by atoms with Gasteiger partial charge < -0.3 is 38.3 Å². The molecule has 3 heterocycles. The Kier molecular flexibility index (Phi) is 7.21. The van der Waals surface area contributed by atoms with Crippen LogP contribution in [0.25, 0.3) is 0 Å². The second-order valence-electron chi connectivity index (χ2n) is 15.7. The standard InChI is InChI=1S/C35H46O12/c1-8-16(2)29(41)46-30-32(6)22-12-23(39)33(7)26(34(22,15-43-30)27(40)25(44-17(3)36)28(32)45-18(4)37)21(38)13-31(5)20(19-9-10-42-14-19)11-24-35(31,33)47-24/h9-10,14,16,20,22-28,30,39-40H,8,11-13,15H2,1-7H3/t16-,20-,22+,23+,24+,25+,26+,27+,28+,30+,31-,32-,33-,34+,35+/m1/s1. The number of epoxide rings is 1. The Morgan fingerprint density at radius 2 is 1.77 bits per heavy atom. The van der Waals surface area contributed by atoms with E-state index in [1.165, 1.54) is 13.8 Å². The Labute approximate surface area is 273 Å². The Balaban J connectivity index is 1.40. The number of carbonyl (C=O) groups excluding carboxylic acids is 4. The fourth-order valence-electron chi connectivity index (χ4n) is 11.6. The van der Waals surface area contributed by atoms with E-state index < -0.39 is 93.6 Å². The quantitative estimate of drug-likeness (QED) is 0.260. The predicted octanol–water partition coefficient (Wildman–Crippen LogP) is 3.06. The molecular weight excluding hydrogens is 612 g/mol. The number of hydrogen-bond donors (Lipinski definition) is 2. The zero-order chi connectivity index (χ0) is 34.1. The predicted molar refractivity (Wildman–Crippen MR) is 160 cm³/mol. The van der Waals surface area contributed by atoms with Gasteiger partial charge in [-0.3, -0.25) is 19.2 Å². The maximum atomic E-state index is 14.9. The molecule has 2 N–H and O–H groups in total. The second-order valence-corrected chi connectivity index (χ2v) is 15.7. The molecular formula is C35H46O12. The number of aliphatic hydroxyl groups is 2. The van der Waals surface area contributed by atoms with E-state index in [9.17, 15) is 29.4 Å². The highest BCUT2D eigenvalue weighted by Gasteiger charge is 2.90. The van der Waals surface area contributed by atoms with Crippen molar-refractivity contribution in [3.8, 4) is 0 Å². The number of fused-ring (bicyclic) bond motifs is 1. The fourth-order valence-corrected chi connectivity index (χ4v) is 11.6. The van der Waals surface area contributed by atoms with Crippen molar-refractivity contribution in [1.29, 1.82) is 0 Å². The first kappa shape index (κ1) is 32.7. The summed E-state index contributed by atoms with van der Waals surface area (Å²) in [6, 6.07) is 1.91. The van der Waals surface area contributed by atoms with Crippen LogP contribution >= 0.6 is 0 Å². The van der Waals surface area contributed by atoms with Crippen molar-refractivity contribution in [2.45, 2.75) is 122 Å². The minimum absolute atomic E-state index is 0.0558. The van der Waals surface area contributed by atoms with Crippen molar-refractivity contribution in [1.82, 2.24) is 0 Å². The van der Waals surface area contributed by atoms with Crippen LogP contribution < -0.4 is 0 Å². The maximum Gasteiger partial charge on any atom is 0.310 e. The number of rotatable bonds is 6. The summed E-state index contributed by atoms with van der Waals surface area (Å²) in [6.07, 6.45) is -2.27. The molecule has 2 aliphatic heterocycles. The van der Waals surface area contributed by atoms with Crippen molar-refractivity contribution >= 4 is 23.7 Å². The normalized spacial score (nSPS) is 49.8. The lowest BCUT2D eigenvalue weighted by molar-refractivity contribution is -0.389. The van der Waals surface area contributed by atoms with Gasteiger partial charge in [0, 0.05) is 42.4 Å². The summed E-state index contributed by atoms with van der Waals surface area (Å²) in [5.41, 5.74) is -4.66. The SMILES string of the molecule is CC[C@@H](C)C(=O)O[C@@H]1OC[C@@]23[C@H]4C(=O)C[C@]5(C)[C@@H](c6ccoc6)C[C@@H]6O[C@@]65[C@]4(C)[C@@H](O)C[C@H]2[C@]1(C)[C@@H](OC(C)=O)[C@@H](OC(C)=O)[C@@H]3O. The Bertz CT molecular complexity index is 1490. The van der Waals surface area contributed by atoms with E-state index in [1.807, 2.05) is 19.9 Å². The first-order chi connectivity index (χ1) is 22.0. The number of hydrogen-bond acceptors (Lipinski definition) is 12. The number of aliphatic hydroxyl groups excluding tert-OH is 2. The Morgan fingerprint density at radius 1 is 1.06 bits per heavy atom. The van der Waals surface area contributed by atoms with Crippen LogP contribution in [-0.2, 0) is 42.9 Å². The molecule has 258 valence electrons. The third-order valence-corrected chi connectivity index (χ3v) is 13.7. The highest BCUT2D eigenvalue weighted by Crippen LogP contribution is 2.82. The number of ketones is 1. The lowest BCUT2D eigenvalue weighted by atomic mass is 9.33. The number of Topliss-reactive ketones (excluding diaryl/α,β-unsaturated/α-hetero) is 1. The monoisotopic (exact) mass is 658 g/mol. The molecule has 15 atom stereocenters. The van der Waals surface area contributed by atoms with E-state index in [-0.39, 0.29) is 37.3 Å². The van der Waals surface area contributed by atoms with Crippen molar-refractivity contribution in [3.63, 3.8) is 0 Å². The number of carbonyl (C=O) groups is 4. The van der Waals surface area contributed by atoms with Crippen LogP contribution in [-0.4, -0.2) is 82.9 Å². The molecule has 2 saturated heterocycles. The molecule has 7 rings (SSSR count). The molecule has 12 nitrogen and oxygen atoms in total. The van der Waals surface area contributed by atoms with Gasteiger partial charge in [0.25, 0.3) is 0 Å². The van der Waals surface area contributed by atoms with Gasteiger partial charge in [-0.2, -0.15) is 0 Å². The average molecular weight is 659 g/mol. The Hall–Kier alpha value is -2.80.